The summed E-state index contributed by atoms with van der Waals surface area (Å²) in [5.41, 5.74) is 1.77. The van der Waals surface area contributed by atoms with Crippen LogP contribution >= 0.6 is 0 Å². The lowest BCUT2D eigenvalue weighted by Crippen LogP contribution is -2.49. The zero-order valence-electron chi connectivity index (χ0n) is 11.8. The van der Waals surface area contributed by atoms with Crippen molar-refractivity contribution in [2.75, 3.05) is 13.2 Å². The molecule has 1 aliphatic carbocycles. The highest BCUT2D eigenvalue weighted by Gasteiger charge is 2.34. The van der Waals surface area contributed by atoms with Gasteiger partial charge in [0.05, 0.1) is 25.4 Å². The van der Waals surface area contributed by atoms with E-state index in [0.717, 1.165) is 30.4 Å². The van der Waals surface area contributed by atoms with E-state index in [2.05, 4.69) is 5.32 Å². The molecule has 108 valence electrons. The van der Waals surface area contributed by atoms with Crippen molar-refractivity contribution in [3.8, 4) is 0 Å². The van der Waals surface area contributed by atoms with Crippen LogP contribution < -0.4 is 5.32 Å². The fraction of sp³-hybridized carbons (Fsp3) is 0.562. The van der Waals surface area contributed by atoms with Crippen LogP contribution in [0.25, 0.3) is 0 Å². The summed E-state index contributed by atoms with van der Waals surface area (Å²) in [6, 6.07) is 7.87. The van der Waals surface area contributed by atoms with E-state index in [9.17, 15) is 4.79 Å². The van der Waals surface area contributed by atoms with Gasteiger partial charge in [0.25, 0.3) is 5.91 Å². The molecule has 3 unspecified atom stereocenters. The number of nitrogens with one attached hydrogen (secondary N) is 1. The number of amides is 1. The Morgan fingerprint density at radius 2 is 1.90 bits per heavy atom. The number of carbonyl (C=O) groups is 1. The van der Waals surface area contributed by atoms with Crippen LogP contribution in [0.3, 0.4) is 0 Å². The Kier molecular flexibility index (Phi) is 4.03. The zero-order valence-corrected chi connectivity index (χ0v) is 11.8. The lowest BCUT2D eigenvalue weighted by Gasteiger charge is -2.39. The summed E-state index contributed by atoms with van der Waals surface area (Å²) >= 11 is 0. The number of aryl methyl sites for hydroxylation is 1. The molecule has 1 aliphatic heterocycles. The van der Waals surface area contributed by atoms with E-state index in [-0.39, 0.29) is 24.2 Å². The quantitative estimate of drug-likeness (QED) is 0.898. The summed E-state index contributed by atoms with van der Waals surface area (Å²) in [7, 11) is 0. The van der Waals surface area contributed by atoms with Gasteiger partial charge in [0, 0.05) is 11.6 Å². The Balaban J connectivity index is 1.61. The molecule has 0 aromatic heterocycles. The summed E-state index contributed by atoms with van der Waals surface area (Å²) < 4.78 is 11.4. The van der Waals surface area contributed by atoms with Gasteiger partial charge in [0.2, 0.25) is 0 Å². The second-order valence-electron chi connectivity index (χ2n) is 5.62. The lowest BCUT2D eigenvalue weighted by atomic mass is 9.89. The third kappa shape index (κ3) is 2.86. The van der Waals surface area contributed by atoms with Crippen LogP contribution in [-0.4, -0.2) is 37.4 Å². The second-order valence-corrected chi connectivity index (χ2v) is 5.62. The molecule has 1 N–H and O–H groups in total. The fourth-order valence-corrected chi connectivity index (χ4v) is 3.09. The molecule has 1 saturated heterocycles. The van der Waals surface area contributed by atoms with E-state index < -0.39 is 0 Å². The molecule has 2 fully saturated rings. The van der Waals surface area contributed by atoms with Crippen molar-refractivity contribution in [3.05, 3.63) is 35.4 Å². The van der Waals surface area contributed by atoms with E-state index in [1.165, 1.54) is 0 Å². The van der Waals surface area contributed by atoms with Crippen LogP contribution in [0, 0.1) is 6.92 Å². The molecule has 1 aromatic rings. The van der Waals surface area contributed by atoms with Gasteiger partial charge in [-0.05, 0) is 37.8 Å². The van der Waals surface area contributed by atoms with Crippen molar-refractivity contribution < 1.29 is 14.3 Å². The highest BCUT2D eigenvalue weighted by Crippen LogP contribution is 2.27. The van der Waals surface area contributed by atoms with E-state index in [1.807, 2.05) is 31.2 Å². The highest BCUT2D eigenvalue weighted by molar-refractivity contribution is 5.95. The summed E-state index contributed by atoms with van der Waals surface area (Å²) in [4.78, 5) is 12.3. The molecule has 3 atom stereocenters. The van der Waals surface area contributed by atoms with Gasteiger partial charge in [0.15, 0.2) is 0 Å². The lowest BCUT2D eigenvalue weighted by molar-refractivity contribution is -0.157. The molecule has 4 heteroatoms. The molecule has 1 amide bonds. The topological polar surface area (TPSA) is 47.6 Å². The van der Waals surface area contributed by atoms with E-state index in [4.69, 9.17) is 9.47 Å². The van der Waals surface area contributed by atoms with E-state index >= 15 is 0 Å². The molecule has 0 radical (unpaired) electrons. The minimum absolute atomic E-state index is 0.0169. The van der Waals surface area contributed by atoms with Crippen LogP contribution in [0.1, 0.15) is 35.2 Å². The number of rotatable bonds is 2. The van der Waals surface area contributed by atoms with Crippen molar-refractivity contribution in [1.29, 1.82) is 0 Å². The van der Waals surface area contributed by atoms with Crippen LogP contribution in [-0.2, 0) is 9.47 Å². The van der Waals surface area contributed by atoms with Gasteiger partial charge in [-0.1, -0.05) is 18.2 Å². The van der Waals surface area contributed by atoms with Gasteiger partial charge in [-0.15, -0.1) is 0 Å². The number of fused-ring (bicyclic) bond motifs is 1. The molecular weight excluding hydrogens is 254 g/mol. The molecule has 1 heterocycles. The molecule has 3 rings (SSSR count). The predicted octanol–water partition coefficient (Wildman–Crippen LogP) is 2.06. The maximum Gasteiger partial charge on any atom is 0.251 e. The Labute approximate surface area is 119 Å². The smallest absolute Gasteiger partial charge is 0.251 e. The molecule has 2 aliphatic rings. The van der Waals surface area contributed by atoms with Crippen molar-refractivity contribution >= 4 is 5.91 Å². The molecule has 20 heavy (non-hydrogen) atoms. The molecule has 4 nitrogen and oxygen atoms in total. The monoisotopic (exact) mass is 275 g/mol. The molecular formula is C16H21NO3. The number of ether oxygens (including phenoxy) is 2. The van der Waals surface area contributed by atoms with Crippen LogP contribution in [0.2, 0.25) is 0 Å². The molecule has 0 bridgehead atoms. The van der Waals surface area contributed by atoms with E-state index in [1.54, 1.807) is 0 Å². The van der Waals surface area contributed by atoms with Crippen molar-refractivity contribution in [1.82, 2.24) is 5.32 Å². The first kappa shape index (κ1) is 13.6. The highest BCUT2D eigenvalue weighted by atomic mass is 16.6. The minimum atomic E-state index is 0.0169. The summed E-state index contributed by atoms with van der Waals surface area (Å²) in [5, 5.41) is 3.13. The Hall–Kier alpha value is -1.39. The van der Waals surface area contributed by atoms with Gasteiger partial charge in [-0.25, -0.2) is 0 Å². The standard InChI is InChI=1S/C16H21NO3/c1-11-4-2-3-5-13(11)16(18)17-12-6-7-14-15(10-12)20-9-8-19-14/h2-5,12,14-15H,6-10H2,1H3,(H,17,18). The van der Waals surface area contributed by atoms with Crippen LogP contribution in [0.15, 0.2) is 24.3 Å². The number of carbonyl (C=O) groups excluding carboxylic acids is 1. The third-order valence-corrected chi connectivity index (χ3v) is 4.20. The summed E-state index contributed by atoms with van der Waals surface area (Å²) in [5.74, 6) is 0.0169. The van der Waals surface area contributed by atoms with Crippen molar-refractivity contribution in [2.24, 2.45) is 0 Å². The van der Waals surface area contributed by atoms with Crippen LogP contribution in [0.4, 0.5) is 0 Å². The van der Waals surface area contributed by atoms with Crippen LogP contribution in [0.5, 0.6) is 0 Å². The largest absolute Gasteiger partial charge is 0.373 e. The summed E-state index contributed by atoms with van der Waals surface area (Å²) in [6.45, 7) is 3.32. The maximum atomic E-state index is 12.3. The normalized spacial score (nSPS) is 29.6. The van der Waals surface area contributed by atoms with Crippen molar-refractivity contribution in [2.45, 2.75) is 44.4 Å². The zero-order chi connectivity index (χ0) is 13.9. The molecule has 1 aromatic carbocycles. The number of hydrogen-bond acceptors (Lipinski definition) is 3. The van der Waals surface area contributed by atoms with Crippen molar-refractivity contribution in [3.63, 3.8) is 0 Å². The SMILES string of the molecule is Cc1ccccc1C(=O)NC1CCC2OCCOC2C1. The second kappa shape index (κ2) is 5.94. The molecule has 0 spiro atoms. The first-order chi connectivity index (χ1) is 9.74. The number of hydrogen-bond donors (Lipinski definition) is 1. The Morgan fingerprint density at radius 1 is 1.15 bits per heavy atom. The predicted molar refractivity (Wildman–Crippen MR) is 75.8 cm³/mol. The average molecular weight is 275 g/mol. The Bertz CT molecular complexity index is 488. The fourth-order valence-electron chi connectivity index (χ4n) is 3.09. The summed E-state index contributed by atoms with van der Waals surface area (Å²) in [6.07, 6.45) is 3.13. The number of benzene rings is 1. The van der Waals surface area contributed by atoms with Gasteiger partial charge < -0.3 is 14.8 Å². The molecule has 1 saturated carbocycles. The Morgan fingerprint density at radius 3 is 2.70 bits per heavy atom. The van der Waals surface area contributed by atoms with Gasteiger partial charge in [-0.3, -0.25) is 4.79 Å². The van der Waals surface area contributed by atoms with Gasteiger partial charge >= 0.3 is 0 Å². The first-order valence-corrected chi connectivity index (χ1v) is 7.34. The van der Waals surface area contributed by atoms with E-state index in [0.29, 0.717) is 13.2 Å². The average Bonchev–Trinajstić information content (AvgIpc) is 2.47. The maximum absolute atomic E-state index is 12.3. The van der Waals surface area contributed by atoms with Gasteiger partial charge in [-0.2, -0.15) is 0 Å². The minimum Gasteiger partial charge on any atom is -0.373 e. The first-order valence-electron chi connectivity index (χ1n) is 7.34. The third-order valence-electron chi connectivity index (χ3n) is 4.20. The van der Waals surface area contributed by atoms with Gasteiger partial charge in [0.1, 0.15) is 0 Å².